The molecule has 2 heterocycles. The van der Waals surface area contributed by atoms with Crippen LogP contribution >= 0.6 is 0 Å². The minimum Gasteiger partial charge on any atom is -0.486 e. The predicted molar refractivity (Wildman–Crippen MR) is 89.0 cm³/mol. The standard InChI is InChI=1S/C18H17F3N2O4/c1-23(10-12-2-4-14-15(8-12)26-7-6-25-14)17(24)13-3-5-16(22-9-13)27-11-18(19,20)21/h2-5,8-9H,6-7,10-11H2,1H3. The van der Waals surface area contributed by atoms with E-state index >= 15 is 0 Å². The lowest BCUT2D eigenvalue weighted by Crippen LogP contribution is -2.26. The number of hydrogen-bond donors (Lipinski definition) is 0. The number of carbonyl (C=O) groups excluding carboxylic acids is 1. The fourth-order valence-corrected chi connectivity index (χ4v) is 2.50. The molecule has 0 spiro atoms. The normalized spacial score (nSPS) is 13.2. The Kier molecular flexibility index (Phi) is 5.38. The van der Waals surface area contributed by atoms with Crippen LogP contribution in [-0.4, -0.2) is 48.8 Å². The van der Waals surface area contributed by atoms with Gasteiger partial charge in [-0.05, 0) is 23.8 Å². The zero-order valence-electron chi connectivity index (χ0n) is 14.5. The molecular weight excluding hydrogens is 365 g/mol. The number of aromatic nitrogens is 1. The van der Waals surface area contributed by atoms with Gasteiger partial charge in [-0.2, -0.15) is 13.2 Å². The molecule has 0 fully saturated rings. The van der Waals surface area contributed by atoms with Crippen LogP contribution in [0.2, 0.25) is 0 Å². The Morgan fingerprint density at radius 1 is 1.19 bits per heavy atom. The number of pyridine rings is 1. The van der Waals surface area contributed by atoms with E-state index in [0.29, 0.717) is 31.3 Å². The van der Waals surface area contributed by atoms with Crippen LogP contribution in [0.3, 0.4) is 0 Å². The highest BCUT2D eigenvalue weighted by Gasteiger charge is 2.28. The molecule has 6 nitrogen and oxygen atoms in total. The molecule has 0 aliphatic carbocycles. The first-order valence-corrected chi connectivity index (χ1v) is 8.11. The molecular formula is C18H17F3N2O4. The summed E-state index contributed by atoms with van der Waals surface area (Å²) in [4.78, 5) is 17.7. The van der Waals surface area contributed by atoms with Gasteiger partial charge in [0.2, 0.25) is 5.88 Å². The smallest absolute Gasteiger partial charge is 0.422 e. The van der Waals surface area contributed by atoms with Gasteiger partial charge in [0.1, 0.15) is 13.2 Å². The highest BCUT2D eigenvalue weighted by molar-refractivity contribution is 5.93. The number of amides is 1. The van der Waals surface area contributed by atoms with E-state index in [0.717, 1.165) is 5.56 Å². The van der Waals surface area contributed by atoms with E-state index in [1.165, 1.54) is 23.2 Å². The van der Waals surface area contributed by atoms with Crippen LogP contribution in [0.1, 0.15) is 15.9 Å². The van der Waals surface area contributed by atoms with Crippen molar-refractivity contribution in [2.45, 2.75) is 12.7 Å². The Bertz CT molecular complexity index is 809. The monoisotopic (exact) mass is 382 g/mol. The quantitative estimate of drug-likeness (QED) is 0.796. The number of fused-ring (bicyclic) bond motifs is 1. The molecule has 3 rings (SSSR count). The van der Waals surface area contributed by atoms with Crippen molar-refractivity contribution in [2.75, 3.05) is 26.9 Å². The summed E-state index contributed by atoms with van der Waals surface area (Å²) in [5.74, 6) is 0.781. The van der Waals surface area contributed by atoms with Gasteiger partial charge < -0.3 is 19.1 Å². The van der Waals surface area contributed by atoms with Crippen molar-refractivity contribution in [1.29, 1.82) is 0 Å². The van der Waals surface area contributed by atoms with Gasteiger partial charge in [0.25, 0.3) is 5.91 Å². The van der Waals surface area contributed by atoms with Gasteiger partial charge in [0, 0.05) is 25.9 Å². The Morgan fingerprint density at radius 2 is 1.93 bits per heavy atom. The van der Waals surface area contributed by atoms with E-state index in [1.54, 1.807) is 13.1 Å². The SMILES string of the molecule is CN(Cc1ccc2c(c1)OCCO2)C(=O)c1ccc(OCC(F)(F)F)nc1. The second-order valence-electron chi connectivity index (χ2n) is 5.93. The van der Waals surface area contributed by atoms with E-state index < -0.39 is 12.8 Å². The molecule has 0 saturated heterocycles. The summed E-state index contributed by atoms with van der Waals surface area (Å²) in [6.07, 6.45) is -3.26. The number of benzene rings is 1. The van der Waals surface area contributed by atoms with Gasteiger partial charge in [-0.1, -0.05) is 6.07 Å². The molecule has 0 bridgehead atoms. The van der Waals surface area contributed by atoms with E-state index in [9.17, 15) is 18.0 Å². The molecule has 144 valence electrons. The highest BCUT2D eigenvalue weighted by Crippen LogP contribution is 2.31. The van der Waals surface area contributed by atoms with Crippen LogP contribution in [-0.2, 0) is 6.54 Å². The highest BCUT2D eigenvalue weighted by atomic mass is 19.4. The van der Waals surface area contributed by atoms with Gasteiger partial charge in [-0.3, -0.25) is 4.79 Å². The summed E-state index contributed by atoms with van der Waals surface area (Å²) < 4.78 is 51.9. The number of carbonyl (C=O) groups is 1. The first kappa shape index (κ1) is 18.8. The van der Waals surface area contributed by atoms with Gasteiger partial charge in [-0.25, -0.2) is 4.98 Å². The maximum Gasteiger partial charge on any atom is 0.422 e. The van der Waals surface area contributed by atoms with Crippen LogP contribution in [0.4, 0.5) is 13.2 Å². The van der Waals surface area contributed by atoms with Crippen molar-refractivity contribution in [3.05, 3.63) is 47.7 Å². The molecule has 1 aromatic carbocycles. The summed E-state index contributed by atoms with van der Waals surface area (Å²) in [5, 5.41) is 0. The Balaban J connectivity index is 1.61. The first-order valence-electron chi connectivity index (χ1n) is 8.11. The van der Waals surface area contributed by atoms with Crippen molar-refractivity contribution in [3.63, 3.8) is 0 Å². The van der Waals surface area contributed by atoms with Gasteiger partial charge in [0.15, 0.2) is 18.1 Å². The summed E-state index contributed by atoms with van der Waals surface area (Å²) >= 11 is 0. The Labute approximate surface area is 153 Å². The lowest BCUT2D eigenvalue weighted by atomic mass is 10.1. The molecule has 1 aliphatic heterocycles. The second kappa shape index (κ2) is 7.73. The molecule has 9 heteroatoms. The average molecular weight is 382 g/mol. The van der Waals surface area contributed by atoms with Crippen molar-refractivity contribution in [2.24, 2.45) is 0 Å². The molecule has 2 aromatic rings. The Hall–Kier alpha value is -2.97. The van der Waals surface area contributed by atoms with E-state index in [2.05, 4.69) is 9.72 Å². The molecule has 0 unspecified atom stereocenters. The fourth-order valence-electron chi connectivity index (χ4n) is 2.50. The third-order valence-electron chi connectivity index (χ3n) is 3.74. The summed E-state index contributed by atoms with van der Waals surface area (Å²) in [6.45, 7) is -0.140. The number of alkyl halides is 3. The fraction of sp³-hybridized carbons (Fsp3) is 0.333. The largest absolute Gasteiger partial charge is 0.486 e. The first-order chi connectivity index (χ1) is 12.8. The minimum atomic E-state index is -4.44. The van der Waals surface area contributed by atoms with Crippen LogP contribution in [0.25, 0.3) is 0 Å². The molecule has 1 aromatic heterocycles. The molecule has 0 radical (unpaired) electrons. The van der Waals surface area contributed by atoms with Crippen molar-refractivity contribution < 1.29 is 32.2 Å². The zero-order chi connectivity index (χ0) is 19.4. The van der Waals surface area contributed by atoms with Crippen molar-refractivity contribution in [1.82, 2.24) is 9.88 Å². The van der Waals surface area contributed by atoms with E-state index in [4.69, 9.17) is 9.47 Å². The van der Waals surface area contributed by atoms with Crippen LogP contribution in [0.5, 0.6) is 17.4 Å². The second-order valence-corrected chi connectivity index (χ2v) is 5.93. The maximum absolute atomic E-state index is 12.5. The third kappa shape index (κ3) is 5.02. The Morgan fingerprint density at radius 3 is 2.59 bits per heavy atom. The number of halogens is 3. The average Bonchev–Trinajstić information content (AvgIpc) is 2.65. The molecule has 1 amide bonds. The van der Waals surface area contributed by atoms with Gasteiger partial charge in [0.05, 0.1) is 5.56 Å². The summed E-state index contributed by atoms with van der Waals surface area (Å²) in [6, 6.07) is 8.04. The number of hydrogen-bond acceptors (Lipinski definition) is 5. The number of rotatable bonds is 5. The van der Waals surface area contributed by atoms with Crippen LogP contribution < -0.4 is 14.2 Å². The van der Waals surface area contributed by atoms with E-state index in [-0.39, 0.29) is 17.4 Å². The van der Waals surface area contributed by atoms with Crippen LogP contribution in [0, 0.1) is 0 Å². The third-order valence-corrected chi connectivity index (χ3v) is 3.74. The molecule has 0 atom stereocenters. The minimum absolute atomic E-state index is 0.196. The lowest BCUT2D eigenvalue weighted by Gasteiger charge is -2.21. The predicted octanol–water partition coefficient (Wildman–Crippen LogP) is 3.07. The zero-order valence-corrected chi connectivity index (χ0v) is 14.5. The summed E-state index contributed by atoms with van der Waals surface area (Å²) in [7, 11) is 1.62. The molecule has 1 aliphatic rings. The van der Waals surface area contributed by atoms with Gasteiger partial charge in [-0.15, -0.1) is 0 Å². The van der Waals surface area contributed by atoms with Crippen LogP contribution in [0.15, 0.2) is 36.5 Å². The number of nitrogens with zero attached hydrogens (tertiary/aromatic N) is 2. The molecule has 27 heavy (non-hydrogen) atoms. The molecule has 0 N–H and O–H groups in total. The maximum atomic E-state index is 12.5. The topological polar surface area (TPSA) is 60.9 Å². The van der Waals surface area contributed by atoms with Crippen molar-refractivity contribution >= 4 is 5.91 Å². The van der Waals surface area contributed by atoms with Crippen molar-refractivity contribution in [3.8, 4) is 17.4 Å². The molecule has 0 saturated carbocycles. The summed E-state index contributed by atoms with van der Waals surface area (Å²) in [5.41, 5.74) is 1.10. The van der Waals surface area contributed by atoms with Gasteiger partial charge >= 0.3 is 6.18 Å². The lowest BCUT2D eigenvalue weighted by molar-refractivity contribution is -0.154. The number of ether oxygens (including phenoxy) is 3. The van der Waals surface area contributed by atoms with E-state index in [1.807, 2.05) is 12.1 Å².